The van der Waals surface area contributed by atoms with E-state index in [0.717, 1.165) is 36.4 Å². The van der Waals surface area contributed by atoms with Crippen molar-refractivity contribution in [2.24, 2.45) is 4.99 Å². The standard InChI is InChI=1S/C21H20Br2N4O4/c22-14-8-12(18(28)17(23)19(14)29)10-24-13-2-3-15-16(9-13)26-20(25-15)27-5-1-4-21(11-27)30-6-7-31-21/h2-3,8-10,28-29H,1,4-7,11H2,(H,25,26)/b24-10+. The lowest BCUT2D eigenvalue weighted by Gasteiger charge is -2.38. The molecule has 8 nitrogen and oxygen atoms in total. The highest BCUT2D eigenvalue weighted by Gasteiger charge is 2.41. The molecule has 0 unspecified atom stereocenters. The number of aliphatic imine (C=N–C) groups is 1. The largest absolute Gasteiger partial charge is 0.506 e. The maximum absolute atomic E-state index is 10.2. The number of hydrogen-bond donors (Lipinski definition) is 3. The Morgan fingerprint density at radius 2 is 1.97 bits per heavy atom. The van der Waals surface area contributed by atoms with E-state index in [9.17, 15) is 10.2 Å². The molecule has 10 heteroatoms. The smallest absolute Gasteiger partial charge is 0.204 e. The van der Waals surface area contributed by atoms with Crippen LogP contribution in [0.3, 0.4) is 0 Å². The second kappa shape index (κ2) is 8.09. The number of rotatable bonds is 3. The van der Waals surface area contributed by atoms with Crippen molar-refractivity contribution in [2.45, 2.75) is 18.6 Å². The van der Waals surface area contributed by atoms with Crippen molar-refractivity contribution in [3.05, 3.63) is 38.8 Å². The van der Waals surface area contributed by atoms with Gasteiger partial charge in [-0.15, -0.1) is 0 Å². The Balaban J connectivity index is 1.39. The molecule has 2 saturated heterocycles. The van der Waals surface area contributed by atoms with Crippen LogP contribution in [0, 0.1) is 0 Å². The molecule has 1 spiro atoms. The second-order valence-corrected chi connectivity index (χ2v) is 9.26. The number of ether oxygens (including phenoxy) is 2. The molecular weight excluding hydrogens is 532 g/mol. The summed E-state index contributed by atoms with van der Waals surface area (Å²) in [6, 6.07) is 7.30. The Kier molecular flexibility index (Phi) is 5.41. The van der Waals surface area contributed by atoms with Gasteiger partial charge in [-0.2, -0.15) is 0 Å². The average molecular weight is 552 g/mol. The molecular formula is C21H20Br2N4O4. The summed E-state index contributed by atoms with van der Waals surface area (Å²) in [5, 5.41) is 20.1. The summed E-state index contributed by atoms with van der Waals surface area (Å²) >= 11 is 6.44. The van der Waals surface area contributed by atoms with Crippen molar-refractivity contribution >= 4 is 60.7 Å². The molecule has 0 amide bonds. The number of aromatic nitrogens is 2. The number of H-pyrrole nitrogens is 1. The lowest BCUT2D eigenvalue weighted by molar-refractivity contribution is -0.161. The number of phenols is 2. The summed E-state index contributed by atoms with van der Waals surface area (Å²) in [5.74, 6) is 0.135. The maximum Gasteiger partial charge on any atom is 0.204 e. The normalized spacial score (nSPS) is 18.6. The van der Waals surface area contributed by atoms with Gasteiger partial charge in [0, 0.05) is 24.7 Å². The number of nitrogens with one attached hydrogen (secondary N) is 1. The molecule has 0 radical (unpaired) electrons. The van der Waals surface area contributed by atoms with Crippen molar-refractivity contribution in [1.82, 2.24) is 9.97 Å². The third-order valence-electron chi connectivity index (χ3n) is 5.54. The van der Waals surface area contributed by atoms with E-state index in [2.05, 4.69) is 46.7 Å². The van der Waals surface area contributed by atoms with Gasteiger partial charge in [-0.1, -0.05) is 0 Å². The van der Waals surface area contributed by atoms with E-state index < -0.39 is 5.79 Å². The van der Waals surface area contributed by atoms with E-state index in [-0.39, 0.29) is 16.0 Å². The summed E-state index contributed by atoms with van der Waals surface area (Å²) in [4.78, 5) is 14.8. The summed E-state index contributed by atoms with van der Waals surface area (Å²) in [6.07, 6.45) is 3.43. The van der Waals surface area contributed by atoms with E-state index in [4.69, 9.17) is 14.5 Å². The van der Waals surface area contributed by atoms with E-state index in [1.165, 1.54) is 0 Å². The number of phenolic OH excluding ortho intramolecular Hbond substituents is 2. The van der Waals surface area contributed by atoms with Gasteiger partial charge in [-0.25, -0.2) is 4.98 Å². The zero-order valence-corrected chi connectivity index (χ0v) is 19.6. The van der Waals surface area contributed by atoms with E-state index in [0.29, 0.717) is 35.5 Å². The number of anilines is 1. The van der Waals surface area contributed by atoms with Crippen LogP contribution in [0.2, 0.25) is 0 Å². The van der Waals surface area contributed by atoms with Gasteiger partial charge >= 0.3 is 0 Å². The van der Waals surface area contributed by atoms with Crippen molar-refractivity contribution in [3.63, 3.8) is 0 Å². The Labute approximate surface area is 195 Å². The van der Waals surface area contributed by atoms with Gasteiger partial charge in [0.25, 0.3) is 0 Å². The number of aromatic hydroxyl groups is 2. The highest BCUT2D eigenvalue weighted by atomic mass is 79.9. The molecule has 1 aromatic heterocycles. The van der Waals surface area contributed by atoms with Gasteiger partial charge in [0.15, 0.2) is 5.79 Å². The molecule has 2 fully saturated rings. The number of piperidine rings is 1. The van der Waals surface area contributed by atoms with Gasteiger partial charge in [0.2, 0.25) is 5.95 Å². The van der Waals surface area contributed by atoms with Crippen LogP contribution in [0.15, 0.2) is 38.2 Å². The molecule has 3 aromatic rings. The lowest BCUT2D eigenvalue weighted by Crippen LogP contribution is -2.49. The summed E-state index contributed by atoms with van der Waals surface area (Å²) < 4.78 is 12.4. The monoisotopic (exact) mass is 550 g/mol. The third-order valence-corrected chi connectivity index (χ3v) is 6.89. The van der Waals surface area contributed by atoms with Crippen LogP contribution < -0.4 is 4.90 Å². The van der Waals surface area contributed by atoms with Crippen molar-refractivity contribution in [3.8, 4) is 11.5 Å². The highest BCUT2D eigenvalue weighted by Crippen LogP contribution is 2.41. The number of nitrogens with zero attached hydrogens (tertiary/aromatic N) is 3. The van der Waals surface area contributed by atoms with E-state index in [1.54, 1.807) is 12.3 Å². The minimum Gasteiger partial charge on any atom is -0.506 e. The fraction of sp³-hybridized carbons (Fsp3) is 0.333. The summed E-state index contributed by atoms with van der Waals surface area (Å²) in [5.41, 5.74) is 2.88. The Hall–Kier alpha value is -2.14. The van der Waals surface area contributed by atoms with Crippen molar-refractivity contribution in [1.29, 1.82) is 0 Å². The highest BCUT2D eigenvalue weighted by molar-refractivity contribution is 9.11. The minimum absolute atomic E-state index is 0.0620. The van der Waals surface area contributed by atoms with Crippen LogP contribution in [-0.2, 0) is 9.47 Å². The first-order valence-corrected chi connectivity index (χ1v) is 11.5. The topological polar surface area (TPSA) is 103 Å². The second-order valence-electron chi connectivity index (χ2n) is 7.61. The summed E-state index contributed by atoms with van der Waals surface area (Å²) in [7, 11) is 0. The molecule has 5 rings (SSSR count). The molecule has 2 aliphatic rings. The van der Waals surface area contributed by atoms with Crippen LogP contribution >= 0.6 is 31.9 Å². The van der Waals surface area contributed by atoms with E-state index >= 15 is 0 Å². The molecule has 0 aliphatic carbocycles. The fourth-order valence-corrected chi connectivity index (χ4v) is 5.13. The molecule has 2 aromatic carbocycles. The number of benzene rings is 2. The van der Waals surface area contributed by atoms with Gasteiger partial charge in [0.1, 0.15) is 16.0 Å². The third kappa shape index (κ3) is 3.93. The predicted molar refractivity (Wildman–Crippen MR) is 125 cm³/mol. The van der Waals surface area contributed by atoms with E-state index in [1.807, 2.05) is 18.2 Å². The predicted octanol–water partition coefficient (Wildman–Crippen LogP) is 4.59. The number of halogens is 2. The maximum atomic E-state index is 10.2. The van der Waals surface area contributed by atoms with Crippen LogP contribution in [-0.4, -0.2) is 58.5 Å². The first-order chi connectivity index (χ1) is 14.9. The van der Waals surface area contributed by atoms with Crippen LogP contribution in [0.25, 0.3) is 11.0 Å². The molecule has 2 aliphatic heterocycles. The van der Waals surface area contributed by atoms with Crippen molar-refractivity contribution < 1.29 is 19.7 Å². The minimum atomic E-state index is -0.513. The SMILES string of the molecule is Oc1c(Br)cc(/C=N/c2ccc3[nH]c(N4CCCC5(C4)OCCO5)nc3c2)c(O)c1Br. The van der Waals surface area contributed by atoms with Crippen LogP contribution in [0.1, 0.15) is 18.4 Å². The number of hydrogen-bond acceptors (Lipinski definition) is 7. The molecule has 0 saturated carbocycles. The van der Waals surface area contributed by atoms with Crippen LogP contribution in [0.5, 0.6) is 11.5 Å². The number of imidazole rings is 1. The zero-order valence-electron chi connectivity index (χ0n) is 16.4. The average Bonchev–Trinajstić information content (AvgIpc) is 3.40. The Morgan fingerprint density at radius 3 is 2.77 bits per heavy atom. The Morgan fingerprint density at radius 1 is 1.16 bits per heavy atom. The molecule has 0 bridgehead atoms. The summed E-state index contributed by atoms with van der Waals surface area (Å²) in [6.45, 7) is 2.82. The number of aromatic amines is 1. The Bertz CT molecular complexity index is 1170. The molecule has 162 valence electrons. The molecule has 3 N–H and O–H groups in total. The first kappa shape index (κ1) is 20.7. The van der Waals surface area contributed by atoms with Gasteiger partial charge in [-0.05, 0) is 62.5 Å². The van der Waals surface area contributed by atoms with Gasteiger partial charge in [-0.3, -0.25) is 4.99 Å². The van der Waals surface area contributed by atoms with Crippen LogP contribution in [0.4, 0.5) is 11.6 Å². The van der Waals surface area contributed by atoms with Gasteiger partial charge in [0.05, 0.1) is 41.0 Å². The van der Waals surface area contributed by atoms with Gasteiger partial charge < -0.3 is 29.6 Å². The zero-order chi connectivity index (χ0) is 21.6. The number of fused-ring (bicyclic) bond motifs is 1. The molecule has 3 heterocycles. The van der Waals surface area contributed by atoms with Crippen molar-refractivity contribution in [2.75, 3.05) is 31.2 Å². The quantitative estimate of drug-likeness (QED) is 0.411. The first-order valence-electron chi connectivity index (χ1n) is 9.91. The lowest BCUT2D eigenvalue weighted by atomic mass is 10.1. The molecule has 31 heavy (non-hydrogen) atoms. The molecule has 0 atom stereocenters. The fourth-order valence-electron chi connectivity index (χ4n) is 3.97.